The first-order valence-electron chi connectivity index (χ1n) is 5.58. The van der Waals surface area contributed by atoms with Crippen molar-refractivity contribution in [2.24, 2.45) is 0 Å². The van der Waals surface area contributed by atoms with Crippen molar-refractivity contribution in [2.75, 3.05) is 11.5 Å². The fourth-order valence-electron chi connectivity index (χ4n) is 1.48. The Bertz CT molecular complexity index is 665. The second-order valence-corrected chi connectivity index (χ2v) is 6.11. The van der Waals surface area contributed by atoms with Crippen molar-refractivity contribution in [1.82, 2.24) is 0 Å². The summed E-state index contributed by atoms with van der Waals surface area (Å²) in [5.41, 5.74) is 14.0. The monoisotopic (exact) mass is 298 g/mol. The van der Waals surface area contributed by atoms with Crippen LogP contribution in [-0.2, 0) is 0 Å². The predicted octanol–water partition coefficient (Wildman–Crippen LogP) is 3.39. The summed E-state index contributed by atoms with van der Waals surface area (Å²) in [7, 11) is 2.93. The Balaban J connectivity index is 2.13. The minimum Gasteiger partial charge on any atom is -0.398 e. The van der Waals surface area contributed by atoms with Gasteiger partial charge in [-0.1, -0.05) is 21.6 Å². The smallest absolute Gasteiger partial charge is 0.0992 e. The van der Waals surface area contributed by atoms with Crippen molar-refractivity contribution in [3.05, 3.63) is 47.5 Å². The van der Waals surface area contributed by atoms with Crippen LogP contribution < -0.4 is 11.5 Å². The van der Waals surface area contributed by atoms with Gasteiger partial charge in [-0.15, -0.1) is 0 Å². The van der Waals surface area contributed by atoms with Crippen LogP contribution in [0.3, 0.4) is 0 Å². The molecule has 2 rings (SSSR count). The maximum atomic E-state index is 8.79. The third-order valence-electron chi connectivity index (χ3n) is 2.50. The van der Waals surface area contributed by atoms with Gasteiger partial charge in [0.15, 0.2) is 0 Å². The predicted molar refractivity (Wildman–Crippen MR) is 82.9 cm³/mol. The molecule has 0 heterocycles. The Kier molecular flexibility index (Phi) is 4.41. The van der Waals surface area contributed by atoms with Gasteiger partial charge in [-0.25, -0.2) is 0 Å². The number of hydrogen-bond acceptors (Lipinski definition) is 6. The van der Waals surface area contributed by atoms with E-state index in [-0.39, 0.29) is 0 Å². The summed E-state index contributed by atoms with van der Waals surface area (Å²) in [4.78, 5) is 1.75. The quantitative estimate of drug-likeness (QED) is 0.665. The fourth-order valence-corrected chi connectivity index (χ4v) is 3.66. The highest BCUT2D eigenvalue weighted by molar-refractivity contribution is 8.76. The van der Waals surface area contributed by atoms with E-state index in [0.29, 0.717) is 22.5 Å². The van der Waals surface area contributed by atoms with Crippen molar-refractivity contribution < 1.29 is 0 Å². The van der Waals surface area contributed by atoms with Crippen molar-refractivity contribution in [2.45, 2.75) is 9.79 Å². The zero-order chi connectivity index (χ0) is 14.5. The van der Waals surface area contributed by atoms with E-state index >= 15 is 0 Å². The van der Waals surface area contributed by atoms with Gasteiger partial charge in [0.2, 0.25) is 0 Å². The summed E-state index contributed by atoms with van der Waals surface area (Å²) >= 11 is 0. The van der Waals surface area contributed by atoms with E-state index in [9.17, 15) is 0 Å². The molecular formula is C14H10N4S2. The Morgan fingerprint density at radius 1 is 0.750 bits per heavy atom. The molecule has 4 N–H and O–H groups in total. The van der Waals surface area contributed by atoms with Crippen LogP contribution in [0.2, 0.25) is 0 Å². The summed E-state index contributed by atoms with van der Waals surface area (Å²) in [6, 6.07) is 14.4. The largest absolute Gasteiger partial charge is 0.398 e. The molecule has 4 nitrogen and oxygen atoms in total. The van der Waals surface area contributed by atoms with E-state index in [1.54, 1.807) is 24.3 Å². The van der Waals surface area contributed by atoms with E-state index in [0.717, 1.165) is 9.79 Å². The number of nitrogens with two attached hydrogens (primary N) is 2. The van der Waals surface area contributed by atoms with Crippen LogP contribution in [0.25, 0.3) is 0 Å². The highest BCUT2D eigenvalue weighted by Crippen LogP contribution is 2.42. The van der Waals surface area contributed by atoms with E-state index in [1.165, 1.54) is 21.6 Å². The topological polar surface area (TPSA) is 99.6 Å². The SMILES string of the molecule is N#Cc1ccc(SSc2ccc(C#N)cc2N)c(N)c1. The van der Waals surface area contributed by atoms with Crippen LogP contribution in [0.15, 0.2) is 46.2 Å². The van der Waals surface area contributed by atoms with Crippen molar-refractivity contribution in [3.63, 3.8) is 0 Å². The number of hydrogen-bond donors (Lipinski definition) is 2. The molecule has 20 heavy (non-hydrogen) atoms. The fraction of sp³-hybridized carbons (Fsp3) is 0. The molecule has 2 aromatic carbocycles. The summed E-state index contributed by atoms with van der Waals surface area (Å²) in [6.07, 6.45) is 0. The highest BCUT2D eigenvalue weighted by atomic mass is 33.1. The lowest BCUT2D eigenvalue weighted by Gasteiger charge is -2.07. The van der Waals surface area contributed by atoms with E-state index < -0.39 is 0 Å². The van der Waals surface area contributed by atoms with E-state index in [4.69, 9.17) is 22.0 Å². The third-order valence-corrected chi connectivity index (χ3v) is 5.01. The molecule has 98 valence electrons. The Morgan fingerprint density at radius 3 is 1.45 bits per heavy atom. The number of nitrogens with zero attached hydrogens (tertiary/aromatic N) is 2. The minimum atomic E-state index is 0.537. The van der Waals surface area contributed by atoms with Gasteiger partial charge in [-0.05, 0) is 36.4 Å². The Labute approximate surface area is 124 Å². The van der Waals surface area contributed by atoms with Gasteiger partial charge in [-0.2, -0.15) is 10.5 Å². The first-order chi connectivity index (χ1) is 9.63. The summed E-state index contributed by atoms with van der Waals surface area (Å²) in [5, 5.41) is 17.6. The van der Waals surface area contributed by atoms with Gasteiger partial charge in [0.25, 0.3) is 0 Å². The molecule has 0 aliphatic carbocycles. The Morgan fingerprint density at radius 2 is 1.15 bits per heavy atom. The number of anilines is 2. The molecule has 0 radical (unpaired) electrons. The second kappa shape index (κ2) is 6.25. The van der Waals surface area contributed by atoms with Gasteiger partial charge in [0.05, 0.1) is 23.3 Å². The number of nitriles is 2. The molecule has 0 fully saturated rings. The summed E-state index contributed by atoms with van der Waals surface area (Å²) in [5.74, 6) is 0. The molecule has 0 aliphatic rings. The molecule has 0 aliphatic heterocycles. The summed E-state index contributed by atoms with van der Waals surface area (Å²) < 4.78 is 0. The van der Waals surface area contributed by atoms with Crippen LogP contribution >= 0.6 is 21.6 Å². The Hall–Kier alpha value is -2.28. The first-order valence-corrected chi connectivity index (χ1v) is 7.73. The zero-order valence-electron chi connectivity index (χ0n) is 10.3. The lowest BCUT2D eigenvalue weighted by Crippen LogP contribution is -1.90. The van der Waals surface area contributed by atoms with Crippen LogP contribution in [-0.4, -0.2) is 0 Å². The normalized spacial score (nSPS) is 9.70. The molecule has 2 aromatic rings. The lowest BCUT2D eigenvalue weighted by molar-refractivity contribution is 1.42. The maximum Gasteiger partial charge on any atom is 0.0992 e. The molecule has 0 unspecified atom stereocenters. The first kappa shape index (κ1) is 14.1. The van der Waals surface area contributed by atoms with Crippen LogP contribution in [0.1, 0.15) is 11.1 Å². The molecular weight excluding hydrogens is 288 g/mol. The average Bonchev–Trinajstić information content (AvgIpc) is 2.46. The van der Waals surface area contributed by atoms with Crippen molar-refractivity contribution in [3.8, 4) is 12.1 Å². The molecule has 0 amide bonds. The van der Waals surface area contributed by atoms with E-state index in [1.807, 2.05) is 24.3 Å². The highest BCUT2D eigenvalue weighted by Gasteiger charge is 2.06. The van der Waals surface area contributed by atoms with Crippen LogP contribution in [0, 0.1) is 22.7 Å². The van der Waals surface area contributed by atoms with Crippen LogP contribution in [0.4, 0.5) is 11.4 Å². The molecule has 0 bridgehead atoms. The number of benzene rings is 2. The molecule has 0 atom stereocenters. The molecule has 6 heteroatoms. The van der Waals surface area contributed by atoms with Gasteiger partial charge in [0, 0.05) is 21.2 Å². The van der Waals surface area contributed by atoms with Crippen molar-refractivity contribution >= 4 is 33.0 Å². The van der Waals surface area contributed by atoms with Crippen LogP contribution in [0.5, 0.6) is 0 Å². The molecule has 0 saturated carbocycles. The zero-order valence-corrected chi connectivity index (χ0v) is 12.0. The van der Waals surface area contributed by atoms with Gasteiger partial charge < -0.3 is 11.5 Å². The minimum absolute atomic E-state index is 0.537. The number of rotatable bonds is 3. The number of nitrogen functional groups attached to an aromatic ring is 2. The maximum absolute atomic E-state index is 8.79. The second-order valence-electron chi connectivity index (χ2n) is 3.90. The van der Waals surface area contributed by atoms with E-state index in [2.05, 4.69) is 0 Å². The summed E-state index contributed by atoms with van der Waals surface area (Å²) in [6.45, 7) is 0. The molecule has 0 aromatic heterocycles. The molecule has 0 saturated heterocycles. The van der Waals surface area contributed by atoms with Gasteiger partial charge >= 0.3 is 0 Å². The molecule has 0 spiro atoms. The van der Waals surface area contributed by atoms with Gasteiger partial charge in [-0.3, -0.25) is 0 Å². The lowest BCUT2D eigenvalue weighted by atomic mass is 10.2. The average molecular weight is 298 g/mol. The third kappa shape index (κ3) is 3.18. The van der Waals surface area contributed by atoms with Crippen molar-refractivity contribution in [1.29, 1.82) is 10.5 Å². The van der Waals surface area contributed by atoms with Gasteiger partial charge in [0.1, 0.15) is 0 Å². The standard InChI is InChI=1S/C14H10N4S2/c15-7-9-1-3-13(11(17)5-9)19-20-14-4-2-10(8-16)6-12(14)18/h1-6H,17-18H2.